The van der Waals surface area contributed by atoms with E-state index in [0.29, 0.717) is 25.2 Å². The number of carbonyl (C=O) groups excluding carboxylic acids is 1. The smallest absolute Gasteiger partial charge is 0.274 e. The molecular formula is C18H26N6O2. The number of anilines is 1. The monoisotopic (exact) mass is 358 g/mol. The Kier molecular flexibility index (Phi) is 4.70. The van der Waals surface area contributed by atoms with Crippen LogP contribution in [-0.2, 0) is 5.41 Å². The van der Waals surface area contributed by atoms with Crippen molar-refractivity contribution >= 4 is 11.7 Å². The maximum atomic E-state index is 12.7. The zero-order valence-electron chi connectivity index (χ0n) is 15.7. The molecule has 0 unspecified atom stereocenters. The first-order valence-corrected chi connectivity index (χ1v) is 8.73. The van der Waals surface area contributed by atoms with Crippen molar-refractivity contribution in [2.24, 2.45) is 0 Å². The molecule has 26 heavy (non-hydrogen) atoms. The lowest BCUT2D eigenvalue weighted by molar-refractivity contribution is 0.0262. The molecular weight excluding hydrogens is 332 g/mol. The van der Waals surface area contributed by atoms with Crippen molar-refractivity contribution < 1.29 is 9.90 Å². The fraction of sp³-hybridized carbons (Fsp3) is 0.556. The number of carbonyl (C=O) groups is 1. The summed E-state index contributed by atoms with van der Waals surface area (Å²) < 4.78 is 0. The van der Waals surface area contributed by atoms with E-state index in [1.165, 1.54) is 4.90 Å². The van der Waals surface area contributed by atoms with Gasteiger partial charge in [0.2, 0.25) is 0 Å². The summed E-state index contributed by atoms with van der Waals surface area (Å²) in [7, 11) is 1.69. The van der Waals surface area contributed by atoms with Gasteiger partial charge in [0.05, 0.1) is 12.7 Å². The number of β-amino-alcohol motifs (C(OH)–C–C–N with tert-alkyl or cyclic N) is 1. The molecule has 2 N–H and O–H groups in total. The largest absolute Gasteiger partial charge is 0.386 e. The minimum atomic E-state index is -0.981. The summed E-state index contributed by atoms with van der Waals surface area (Å²) in [4.78, 5) is 24.5. The molecule has 1 fully saturated rings. The van der Waals surface area contributed by atoms with Crippen LogP contribution in [0.2, 0.25) is 0 Å². The summed E-state index contributed by atoms with van der Waals surface area (Å²) in [5.74, 6) is 0.530. The van der Waals surface area contributed by atoms with E-state index in [0.717, 1.165) is 11.5 Å². The van der Waals surface area contributed by atoms with E-state index in [4.69, 9.17) is 0 Å². The Morgan fingerprint density at radius 2 is 2.19 bits per heavy atom. The number of likely N-dealkylation sites (N-methyl/N-ethyl adjacent to an activating group) is 1. The van der Waals surface area contributed by atoms with Gasteiger partial charge in [0.25, 0.3) is 5.91 Å². The zero-order chi connectivity index (χ0) is 18.9. The number of rotatable bonds is 4. The Labute approximate surface area is 153 Å². The number of nitrogens with zero attached hydrogens (tertiary/aromatic N) is 5. The second-order valence-electron chi connectivity index (χ2n) is 8.04. The van der Waals surface area contributed by atoms with Crippen molar-refractivity contribution in [2.75, 3.05) is 31.6 Å². The van der Waals surface area contributed by atoms with Crippen LogP contribution in [-0.4, -0.2) is 68.4 Å². The standard InChI is InChI=1S/C18H26N6O2/c1-17(2,3)14-9-13(21-22-14)16(25)23(4)11-18(26)5-8-24(12-18)15-10-19-6-7-20-15/h6-7,9-10,26H,5,8,11-12H2,1-4H3,(H,21,22)/t18-/m0/s1. The molecule has 0 saturated carbocycles. The maximum Gasteiger partial charge on any atom is 0.274 e. The van der Waals surface area contributed by atoms with Crippen molar-refractivity contribution in [3.05, 3.63) is 36.0 Å². The molecule has 140 valence electrons. The fourth-order valence-corrected chi connectivity index (χ4v) is 3.16. The number of aliphatic hydroxyl groups is 1. The highest BCUT2D eigenvalue weighted by atomic mass is 16.3. The predicted molar refractivity (Wildman–Crippen MR) is 98.1 cm³/mol. The van der Waals surface area contributed by atoms with Crippen molar-refractivity contribution in [2.45, 2.75) is 38.2 Å². The highest BCUT2D eigenvalue weighted by Crippen LogP contribution is 2.26. The highest BCUT2D eigenvalue weighted by Gasteiger charge is 2.39. The molecule has 8 nitrogen and oxygen atoms in total. The topological polar surface area (TPSA) is 98.2 Å². The summed E-state index contributed by atoms with van der Waals surface area (Å²) in [6.07, 6.45) is 5.49. The number of nitrogens with one attached hydrogen (secondary N) is 1. The van der Waals surface area contributed by atoms with Crippen LogP contribution in [0.15, 0.2) is 24.7 Å². The van der Waals surface area contributed by atoms with Gasteiger partial charge in [0.15, 0.2) is 0 Å². The van der Waals surface area contributed by atoms with E-state index in [1.54, 1.807) is 31.7 Å². The number of aromatic amines is 1. The van der Waals surface area contributed by atoms with Crippen LogP contribution in [0, 0.1) is 0 Å². The first-order valence-electron chi connectivity index (χ1n) is 8.73. The highest BCUT2D eigenvalue weighted by molar-refractivity contribution is 5.92. The zero-order valence-corrected chi connectivity index (χ0v) is 15.7. The average Bonchev–Trinajstić information content (AvgIpc) is 3.22. The van der Waals surface area contributed by atoms with Crippen molar-refractivity contribution in [1.82, 2.24) is 25.1 Å². The van der Waals surface area contributed by atoms with Crippen molar-refractivity contribution in [3.63, 3.8) is 0 Å². The van der Waals surface area contributed by atoms with Gasteiger partial charge in [-0.05, 0) is 12.5 Å². The average molecular weight is 358 g/mol. The van der Waals surface area contributed by atoms with E-state index in [9.17, 15) is 9.90 Å². The van der Waals surface area contributed by atoms with E-state index in [-0.39, 0.29) is 17.9 Å². The Hall–Kier alpha value is -2.48. The summed E-state index contributed by atoms with van der Waals surface area (Å²) in [5, 5.41) is 18.0. The molecule has 1 atom stereocenters. The van der Waals surface area contributed by atoms with Crippen molar-refractivity contribution in [1.29, 1.82) is 0 Å². The summed E-state index contributed by atoms with van der Waals surface area (Å²) >= 11 is 0. The quantitative estimate of drug-likeness (QED) is 0.852. The van der Waals surface area contributed by atoms with E-state index in [1.807, 2.05) is 4.90 Å². The van der Waals surface area contributed by atoms with Crippen LogP contribution >= 0.6 is 0 Å². The molecule has 0 radical (unpaired) electrons. The lowest BCUT2D eigenvalue weighted by atomic mass is 9.92. The molecule has 1 amide bonds. The molecule has 0 aromatic carbocycles. The Morgan fingerprint density at radius 1 is 1.42 bits per heavy atom. The second-order valence-corrected chi connectivity index (χ2v) is 8.04. The van der Waals surface area contributed by atoms with Gasteiger partial charge in [-0.1, -0.05) is 20.8 Å². The lowest BCUT2D eigenvalue weighted by Gasteiger charge is -2.28. The molecule has 1 aliphatic rings. The molecule has 8 heteroatoms. The lowest BCUT2D eigenvalue weighted by Crippen LogP contribution is -2.46. The summed E-state index contributed by atoms with van der Waals surface area (Å²) in [5.41, 5.74) is 0.184. The Balaban J connectivity index is 1.65. The third kappa shape index (κ3) is 3.85. The Bertz CT molecular complexity index is 769. The third-order valence-corrected chi connectivity index (χ3v) is 4.69. The molecule has 2 aromatic heterocycles. The number of amides is 1. The van der Waals surface area contributed by atoms with Crippen molar-refractivity contribution in [3.8, 4) is 0 Å². The fourth-order valence-electron chi connectivity index (χ4n) is 3.16. The number of hydrogen-bond donors (Lipinski definition) is 2. The first kappa shape index (κ1) is 18.3. The van der Waals surface area contributed by atoms with Crippen LogP contribution in [0.1, 0.15) is 43.4 Å². The summed E-state index contributed by atoms with van der Waals surface area (Å²) in [6, 6.07) is 1.78. The number of aromatic nitrogens is 4. The summed E-state index contributed by atoms with van der Waals surface area (Å²) in [6.45, 7) is 7.49. The van der Waals surface area contributed by atoms with Gasteiger partial charge in [-0.3, -0.25) is 14.9 Å². The van der Waals surface area contributed by atoms with Crippen LogP contribution < -0.4 is 4.90 Å². The van der Waals surface area contributed by atoms with Crippen LogP contribution in [0.25, 0.3) is 0 Å². The molecule has 0 aliphatic carbocycles. The van der Waals surface area contributed by atoms with Crippen LogP contribution in [0.5, 0.6) is 0 Å². The van der Waals surface area contributed by atoms with Gasteiger partial charge in [0, 0.05) is 43.6 Å². The second kappa shape index (κ2) is 6.68. The van der Waals surface area contributed by atoms with Crippen LogP contribution in [0.4, 0.5) is 5.82 Å². The molecule has 0 bridgehead atoms. The van der Waals surface area contributed by atoms with Gasteiger partial charge in [0.1, 0.15) is 17.1 Å². The molecule has 2 aromatic rings. The Morgan fingerprint density at radius 3 is 2.81 bits per heavy atom. The minimum Gasteiger partial charge on any atom is -0.386 e. The van der Waals surface area contributed by atoms with Crippen LogP contribution in [0.3, 0.4) is 0 Å². The first-order chi connectivity index (χ1) is 12.2. The van der Waals surface area contributed by atoms with Gasteiger partial charge in [-0.15, -0.1) is 0 Å². The molecule has 3 heterocycles. The predicted octanol–water partition coefficient (Wildman–Crippen LogP) is 1.21. The molecule has 1 aliphatic heterocycles. The maximum absolute atomic E-state index is 12.7. The molecule has 0 spiro atoms. The molecule has 1 saturated heterocycles. The molecule has 3 rings (SSSR count). The SMILES string of the molecule is CN(C[C@@]1(O)CCN(c2cnccn2)C1)C(=O)c1cc(C(C)(C)C)[nH]n1. The number of H-pyrrole nitrogens is 1. The van der Waals surface area contributed by atoms with E-state index >= 15 is 0 Å². The van der Waals surface area contributed by atoms with Gasteiger partial charge >= 0.3 is 0 Å². The minimum absolute atomic E-state index is 0.106. The van der Waals surface area contributed by atoms with Gasteiger partial charge < -0.3 is 14.9 Å². The third-order valence-electron chi connectivity index (χ3n) is 4.69. The van der Waals surface area contributed by atoms with Gasteiger partial charge in [-0.25, -0.2) is 4.98 Å². The normalized spacial score (nSPS) is 20.4. The van der Waals surface area contributed by atoms with E-state index < -0.39 is 5.60 Å². The van der Waals surface area contributed by atoms with Gasteiger partial charge in [-0.2, -0.15) is 5.10 Å². The van der Waals surface area contributed by atoms with E-state index in [2.05, 4.69) is 40.9 Å². The number of hydrogen-bond acceptors (Lipinski definition) is 6.